The summed E-state index contributed by atoms with van der Waals surface area (Å²) < 4.78 is 34.0. The van der Waals surface area contributed by atoms with Crippen molar-refractivity contribution in [2.24, 2.45) is 0 Å². The topological polar surface area (TPSA) is 101 Å². The minimum atomic E-state index is -3.83. The molecule has 2 aromatic heterocycles. The number of thioether (sulfide) groups is 1. The molecule has 2 N–H and O–H groups in total. The van der Waals surface area contributed by atoms with E-state index >= 15 is 0 Å². The zero-order valence-electron chi connectivity index (χ0n) is 14.2. The number of nitrogens with zero attached hydrogens (tertiary/aromatic N) is 2. The van der Waals surface area contributed by atoms with Crippen molar-refractivity contribution in [3.8, 4) is 11.5 Å². The van der Waals surface area contributed by atoms with Gasteiger partial charge in [0.1, 0.15) is 4.90 Å². The summed E-state index contributed by atoms with van der Waals surface area (Å²) in [6.07, 6.45) is 1.96. The van der Waals surface area contributed by atoms with Gasteiger partial charge in [0.25, 0.3) is 15.9 Å². The number of aromatic nitrogens is 3. The Labute approximate surface area is 150 Å². The van der Waals surface area contributed by atoms with Gasteiger partial charge < -0.3 is 9.40 Å². The van der Waals surface area contributed by atoms with Crippen molar-refractivity contribution in [3.05, 3.63) is 41.5 Å². The third kappa shape index (κ3) is 3.42. The molecule has 0 unspecified atom stereocenters. The Morgan fingerprint density at radius 3 is 2.32 bits per heavy atom. The number of rotatable bonds is 5. The van der Waals surface area contributed by atoms with E-state index in [-0.39, 0.29) is 10.8 Å². The van der Waals surface area contributed by atoms with Crippen molar-refractivity contribution in [1.29, 1.82) is 0 Å². The second-order valence-electron chi connectivity index (χ2n) is 5.54. The van der Waals surface area contributed by atoms with E-state index in [0.717, 1.165) is 4.90 Å². The van der Waals surface area contributed by atoms with E-state index in [4.69, 9.17) is 4.42 Å². The summed E-state index contributed by atoms with van der Waals surface area (Å²) in [4.78, 5) is 4.21. The molecule has 0 amide bonds. The zero-order valence-corrected chi connectivity index (χ0v) is 15.9. The SMILES string of the molecule is CSc1ccc(NS(=O)(=O)c2c(C)[nH]c(C)c2-c2nnc(C)o2)cc1. The second-order valence-corrected chi connectivity index (χ2v) is 8.04. The van der Waals surface area contributed by atoms with Gasteiger partial charge in [-0.3, -0.25) is 4.72 Å². The first-order valence-corrected chi connectivity index (χ1v) is 10.2. The van der Waals surface area contributed by atoms with Crippen LogP contribution in [0.2, 0.25) is 0 Å². The first kappa shape index (κ1) is 17.6. The summed E-state index contributed by atoms with van der Waals surface area (Å²) in [5.74, 6) is 0.551. The van der Waals surface area contributed by atoms with Crippen LogP contribution in [0.15, 0.2) is 38.5 Å². The average Bonchev–Trinajstić information content (AvgIpc) is 3.10. The van der Waals surface area contributed by atoms with Gasteiger partial charge in [0.15, 0.2) is 0 Å². The molecule has 0 aliphatic heterocycles. The number of sulfonamides is 1. The Morgan fingerprint density at radius 1 is 1.08 bits per heavy atom. The minimum absolute atomic E-state index is 0.114. The minimum Gasteiger partial charge on any atom is -0.421 e. The maximum Gasteiger partial charge on any atom is 0.264 e. The van der Waals surface area contributed by atoms with Crippen LogP contribution in [0, 0.1) is 20.8 Å². The Balaban J connectivity index is 2.05. The Bertz CT molecular complexity index is 1000. The lowest BCUT2D eigenvalue weighted by Crippen LogP contribution is -2.14. The van der Waals surface area contributed by atoms with Crippen molar-refractivity contribution in [1.82, 2.24) is 15.2 Å². The molecule has 0 aliphatic rings. The fourth-order valence-electron chi connectivity index (χ4n) is 2.61. The third-order valence-electron chi connectivity index (χ3n) is 3.67. The van der Waals surface area contributed by atoms with E-state index in [9.17, 15) is 8.42 Å². The molecule has 0 fully saturated rings. The Kier molecular flexibility index (Phi) is 4.61. The molecule has 0 aliphatic carbocycles. The highest BCUT2D eigenvalue weighted by molar-refractivity contribution is 7.98. The van der Waals surface area contributed by atoms with E-state index < -0.39 is 10.0 Å². The average molecular weight is 378 g/mol. The standard InChI is InChI=1S/C16H18N4O3S2/c1-9-14(16-19-18-11(3)23-16)15(10(2)17-9)25(21,22)20-12-5-7-13(24-4)8-6-12/h5-8,17,20H,1-4H3. The molecular weight excluding hydrogens is 360 g/mol. The zero-order chi connectivity index (χ0) is 18.2. The van der Waals surface area contributed by atoms with Crippen LogP contribution >= 0.6 is 11.8 Å². The molecule has 25 heavy (non-hydrogen) atoms. The van der Waals surface area contributed by atoms with Crippen LogP contribution in [0.5, 0.6) is 0 Å². The number of nitrogens with one attached hydrogen (secondary N) is 2. The Hall–Kier alpha value is -2.26. The van der Waals surface area contributed by atoms with Gasteiger partial charge in [-0.1, -0.05) is 0 Å². The lowest BCUT2D eigenvalue weighted by Gasteiger charge is -2.09. The van der Waals surface area contributed by atoms with Crippen LogP contribution < -0.4 is 4.72 Å². The summed E-state index contributed by atoms with van der Waals surface area (Å²) in [6.45, 7) is 5.13. The lowest BCUT2D eigenvalue weighted by molar-refractivity contribution is 0.531. The van der Waals surface area contributed by atoms with Gasteiger partial charge >= 0.3 is 0 Å². The van der Waals surface area contributed by atoms with Crippen LogP contribution in [-0.2, 0) is 10.0 Å². The number of aromatic amines is 1. The number of hydrogen-bond donors (Lipinski definition) is 2. The third-order valence-corrected chi connectivity index (χ3v) is 5.96. The quantitative estimate of drug-likeness (QED) is 0.659. The highest BCUT2D eigenvalue weighted by Crippen LogP contribution is 2.33. The maximum absolute atomic E-state index is 13.0. The first-order chi connectivity index (χ1) is 11.8. The van der Waals surface area contributed by atoms with Crippen molar-refractivity contribution < 1.29 is 12.8 Å². The van der Waals surface area contributed by atoms with Crippen molar-refractivity contribution in [2.45, 2.75) is 30.6 Å². The van der Waals surface area contributed by atoms with Crippen LogP contribution in [0.25, 0.3) is 11.5 Å². The van der Waals surface area contributed by atoms with E-state index in [1.165, 1.54) is 0 Å². The van der Waals surface area contributed by atoms with Gasteiger partial charge in [-0.15, -0.1) is 22.0 Å². The molecule has 3 rings (SSSR count). The molecule has 0 saturated heterocycles. The summed E-state index contributed by atoms with van der Waals surface area (Å²) in [5, 5.41) is 7.75. The molecule has 9 heteroatoms. The first-order valence-electron chi connectivity index (χ1n) is 7.48. The predicted molar refractivity (Wildman–Crippen MR) is 97.3 cm³/mol. The van der Waals surface area contributed by atoms with Gasteiger partial charge in [0.05, 0.1) is 5.56 Å². The molecule has 0 atom stereocenters. The summed E-state index contributed by atoms with van der Waals surface area (Å²) in [5.41, 5.74) is 2.05. The molecule has 0 spiro atoms. The molecule has 132 valence electrons. The van der Waals surface area contributed by atoms with Crippen molar-refractivity contribution in [2.75, 3.05) is 11.0 Å². The Morgan fingerprint density at radius 2 is 1.76 bits per heavy atom. The highest BCUT2D eigenvalue weighted by atomic mass is 32.2. The van der Waals surface area contributed by atoms with Crippen molar-refractivity contribution in [3.63, 3.8) is 0 Å². The van der Waals surface area contributed by atoms with Crippen LogP contribution in [0.4, 0.5) is 5.69 Å². The van der Waals surface area contributed by atoms with Crippen LogP contribution in [-0.4, -0.2) is 29.9 Å². The monoisotopic (exact) mass is 378 g/mol. The van der Waals surface area contributed by atoms with E-state index in [0.29, 0.717) is 28.5 Å². The smallest absolute Gasteiger partial charge is 0.264 e. The number of benzene rings is 1. The fraction of sp³-hybridized carbons (Fsp3) is 0.250. The molecule has 0 bridgehead atoms. The highest BCUT2D eigenvalue weighted by Gasteiger charge is 2.29. The van der Waals surface area contributed by atoms with Crippen molar-refractivity contribution >= 4 is 27.5 Å². The van der Waals surface area contributed by atoms with Gasteiger partial charge in [0.2, 0.25) is 5.89 Å². The van der Waals surface area contributed by atoms with E-state index in [1.54, 1.807) is 44.7 Å². The molecule has 2 heterocycles. The molecular formula is C16H18N4O3S2. The van der Waals surface area contributed by atoms with Crippen LogP contribution in [0.3, 0.4) is 0 Å². The largest absolute Gasteiger partial charge is 0.421 e. The number of aryl methyl sites for hydroxylation is 3. The fourth-order valence-corrected chi connectivity index (χ4v) is 4.53. The number of H-pyrrole nitrogens is 1. The normalized spacial score (nSPS) is 11.7. The molecule has 1 aromatic carbocycles. The predicted octanol–water partition coefficient (Wildman–Crippen LogP) is 3.51. The molecule has 7 nitrogen and oxygen atoms in total. The van der Waals surface area contributed by atoms with Crippen LogP contribution in [0.1, 0.15) is 17.3 Å². The van der Waals surface area contributed by atoms with E-state index in [1.807, 2.05) is 18.4 Å². The number of anilines is 1. The maximum atomic E-state index is 13.0. The molecule has 0 saturated carbocycles. The summed E-state index contributed by atoms with van der Waals surface area (Å²) in [6, 6.07) is 7.18. The summed E-state index contributed by atoms with van der Waals surface area (Å²) >= 11 is 1.59. The van der Waals surface area contributed by atoms with Gasteiger partial charge in [-0.05, 0) is 44.4 Å². The lowest BCUT2D eigenvalue weighted by atomic mass is 10.2. The second kappa shape index (κ2) is 6.57. The molecule has 0 radical (unpaired) electrons. The van der Waals surface area contributed by atoms with Gasteiger partial charge in [0, 0.05) is 28.9 Å². The van der Waals surface area contributed by atoms with Gasteiger partial charge in [-0.25, -0.2) is 8.42 Å². The number of hydrogen-bond acceptors (Lipinski definition) is 6. The summed E-state index contributed by atoms with van der Waals surface area (Å²) in [7, 11) is -3.83. The van der Waals surface area contributed by atoms with E-state index in [2.05, 4.69) is 19.9 Å². The van der Waals surface area contributed by atoms with Gasteiger partial charge in [-0.2, -0.15) is 0 Å². The molecule has 3 aromatic rings.